The van der Waals surface area contributed by atoms with Gasteiger partial charge in [-0.1, -0.05) is 72.2 Å². The van der Waals surface area contributed by atoms with Crippen LogP contribution in [0.3, 0.4) is 0 Å². The number of hydrogen-bond acceptors (Lipinski definition) is 3. The summed E-state index contributed by atoms with van der Waals surface area (Å²) in [6.07, 6.45) is 0. The summed E-state index contributed by atoms with van der Waals surface area (Å²) >= 11 is 6.24. The second kappa shape index (κ2) is 7.53. The van der Waals surface area contributed by atoms with E-state index in [9.17, 15) is 4.79 Å². The Bertz CT molecular complexity index is 874. The number of aryl methyl sites for hydroxylation is 1. The first-order valence-corrected chi connectivity index (χ1v) is 8.50. The predicted octanol–water partition coefficient (Wildman–Crippen LogP) is 4.84. The van der Waals surface area contributed by atoms with Crippen molar-refractivity contribution < 1.29 is 9.32 Å². The Morgan fingerprint density at radius 3 is 2.56 bits per heavy atom. The highest BCUT2D eigenvalue weighted by atomic mass is 35.5. The number of aromatic nitrogens is 1. The third-order valence-corrected chi connectivity index (χ3v) is 4.49. The number of carbonyl (C=O) groups is 1. The van der Waals surface area contributed by atoms with Gasteiger partial charge in [-0.2, -0.15) is 0 Å². The molecule has 0 aliphatic heterocycles. The predicted molar refractivity (Wildman–Crippen MR) is 98.9 cm³/mol. The number of rotatable bonds is 5. The molecule has 0 radical (unpaired) electrons. The minimum Gasteiger partial charge on any atom is -0.360 e. The summed E-state index contributed by atoms with van der Waals surface area (Å²) in [6, 6.07) is 17.3. The monoisotopic (exact) mass is 354 g/mol. The molecule has 5 heteroatoms. The molecule has 4 nitrogen and oxygen atoms in total. The number of amides is 1. The average Bonchev–Trinajstić information content (AvgIpc) is 3.02. The fourth-order valence-electron chi connectivity index (χ4n) is 2.71. The first kappa shape index (κ1) is 17.2. The molecule has 0 fully saturated rings. The van der Waals surface area contributed by atoms with Crippen LogP contribution in [0.15, 0.2) is 59.1 Å². The van der Waals surface area contributed by atoms with Crippen LogP contribution in [0.2, 0.25) is 5.02 Å². The van der Waals surface area contributed by atoms with Gasteiger partial charge < -0.3 is 9.84 Å². The van der Waals surface area contributed by atoms with Crippen molar-refractivity contribution in [1.82, 2.24) is 10.5 Å². The molecule has 2 aromatic carbocycles. The molecule has 0 aliphatic carbocycles. The third-order valence-electron chi connectivity index (χ3n) is 4.16. The van der Waals surface area contributed by atoms with Gasteiger partial charge in [0.1, 0.15) is 17.0 Å². The van der Waals surface area contributed by atoms with E-state index < -0.39 is 0 Å². The van der Waals surface area contributed by atoms with Crippen molar-refractivity contribution >= 4 is 17.5 Å². The summed E-state index contributed by atoms with van der Waals surface area (Å²) in [5, 5.41) is 7.53. The van der Waals surface area contributed by atoms with Crippen molar-refractivity contribution in [2.24, 2.45) is 0 Å². The van der Waals surface area contributed by atoms with E-state index in [2.05, 4.69) is 29.5 Å². The van der Waals surface area contributed by atoms with Gasteiger partial charge in [0.25, 0.3) is 5.91 Å². The molecule has 0 bridgehead atoms. The molecule has 3 rings (SSSR count). The van der Waals surface area contributed by atoms with Crippen LogP contribution < -0.4 is 5.32 Å². The Labute approximate surface area is 151 Å². The van der Waals surface area contributed by atoms with Gasteiger partial charge >= 0.3 is 0 Å². The first-order valence-electron chi connectivity index (χ1n) is 8.12. The lowest BCUT2D eigenvalue weighted by Crippen LogP contribution is -2.28. The maximum Gasteiger partial charge on any atom is 0.257 e. The van der Waals surface area contributed by atoms with Crippen LogP contribution in [-0.2, 0) is 0 Å². The van der Waals surface area contributed by atoms with Gasteiger partial charge in [0.2, 0.25) is 0 Å². The van der Waals surface area contributed by atoms with Gasteiger partial charge in [-0.25, -0.2) is 0 Å². The van der Waals surface area contributed by atoms with E-state index in [-0.39, 0.29) is 11.8 Å². The average molecular weight is 355 g/mol. The molecule has 0 spiro atoms. The summed E-state index contributed by atoms with van der Waals surface area (Å²) in [4.78, 5) is 12.7. The number of hydrogen-bond donors (Lipinski definition) is 1. The largest absolute Gasteiger partial charge is 0.360 e. The van der Waals surface area contributed by atoms with Gasteiger partial charge in [-0.05, 0) is 24.5 Å². The second-order valence-corrected chi connectivity index (χ2v) is 6.37. The summed E-state index contributed by atoms with van der Waals surface area (Å²) in [5.74, 6) is 0.463. The van der Waals surface area contributed by atoms with Crippen molar-refractivity contribution in [3.63, 3.8) is 0 Å². The molecular weight excluding hydrogens is 336 g/mol. The molecule has 1 aromatic heterocycles. The fraction of sp³-hybridized carbons (Fsp3) is 0.200. The molecule has 0 aliphatic rings. The highest BCUT2D eigenvalue weighted by Crippen LogP contribution is 2.31. The Balaban J connectivity index is 1.79. The first-order chi connectivity index (χ1) is 12.1. The van der Waals surface area contributed by atoms with Crippen LogP contribution in [0.4, 0.5) is 0 Å². The summed E-state index contributed by atoms with van der Waals surface area (Å²) < 4.78 is 5.25. The lowest BCUT2D eigenvalue weighted by atomic mass is 10.0. The van der Waals surface area contributed by atoms with Gasteiger partial charge in [-0.3, -0.25) is 4.79 Å². The maximum atomic E-state index is 12.7. The van der Waals surface area contributed by atoms with Crippen LogP contribution in [0.5, 0.6) is 0 Å². The second-order valence-electron chi connectivity index (χ2n) is 5.96. The number of halogens is 1. The lowest BCUT2D eigenvalue weighted by Gasteiger charge is -2.13. The molecule has 3 aromatic rings. The molecule has 25 heavy (non-hydrogen) atoms. The van der Waals surface area contributed by atoms with Gasteiger partial charge in [0.05, 0.1) is 5.02 Å². The highest BCUT2D eigenvalue weighted by Gasteiger charge is 2.23. The normalized spacial score (nSPS) is 12.0. The molecule has 1 heterocycles. The topological polar surface area (TPSA) is 55.1 Å². The standard InChI is InChI=1S/C20H19ClN2O2/c1-13(15-8-4-3-5-9-15)12-22-20(24)18-14(2)25-23-19(18)16-10-6-7-11-17(16)21/h3-11,13H,12H2,1-2H3,(H,22,24)/t13-/m0/s1. The third kappa shape index (κ3) is 3.74. The minimum absolute atomic E-state index is 0.203. The fourth-order valence-corrected chi connectivity index (χ4v) is 2.94. The van der Waals surface area contributed by atoms with E-state index in [0.29, 0.717) is 34.1 Å². The molecule has 1 atom stereocenters. The van der Waals surface area contributed by atoms with E-state index in [1.54, 1.807) is 13.0 Å². The molecule has 1 N–H and O–H groups in total. The van der Waals surface area contributed by atoms with Crippen molar-refractivity contribution in [3.8, 4) is 11.3 Å². The van der Waals surface area contributed by atoms with Gasteiger partial charge in [-0.15, -0.1) is 0 Å². The van der Waals surface area contributed by atoms with E-state index in [4.69, 9.17) is 16.1 Å². The zero-order valence-electron chi connectivity index (χ0n) is 14.1. The van der Waals surface area contributed by atoms with Crippen LogP contribution in [-0.4, -0.2) is 17.6 Å². The quantitative estimate of drug-likeness (QED) is 0.713. The lowest BCUT2D eigenvalue weighted by molar-refractivity contribution is 0.0950. The van der Waals surface area contributed by atoms with Crippen molar-refractivity contribution in [2.75, 3.05) is 6.54 Å². The summed E-state index contributed by atoms with van der Waals surface area (Å²) in [7, 11) is 0. The molecule has 0 unspecified atom stereocenters. The van der Waals surface area contributed by atoms with Crippen LogP contribution in [0, 0.1) is 6.92 Å². The van der Waals surface area contributed by atoms with Crippen LogP contribution >= 0.6 is 11.6 Å². The van der Waals surface area contributed by atoms with E-state index in [1.807, 2.05) is 36.4 Å². The number of benzene rings is 2. The van der Waals surface area contributed by atoms with Crippen LogP contribution in [0.1, 0.15) is 34.5 Å². The minimum atomic E-state index is -0.212. The Morgan fingerprint density at radius 1 is 1.16 bits per heavy atom. The SMILES string of the molecule is Cc1onc(-c2ccccc2Cl)c1C(=O)NC[C@H](C)c1ccccc1. The van der Waals surface area contributed by atoms with Crippen molar-refractivity contribution in [1.29, 1.82) is 0 Å². The Kier molecular flexibility index (Phi) is 5.19. The van der Waals surface area contributed by atoms with Crippen molar-refractivity contribution in [3.05, 3.63) is 76.5 Å². The molecule has 128 valence electrons. The maximum absolute atomic E-state index is 12.7. The Hall–Kier alpha value is -2.59. The summed E-state index contributed by atoms with van der Waals surface area (Å²) in [5.41, 5.74) is 2.75. The number of nitrogens with one attached hydrogen (secondary N) is 1. The molecule has 1 amide bonds. The van der Waals surface area contributed by atoms with E-state index in [1.165, 1.54) is 5.56 Å². The highest BCUT2D eigenvalue weighted by molar-refractivity contribution is 6.33. The van der Waals surface area contributed by atoms with Gasteiger partial charge in [0.15, 0.2) is 0 Å². The summed E-state index contributed by atoms with van der Waals surface area (Å²) in [6.45, 7) is 4.32. The number of carbonyl (C=O) groups excluding carboxylic acids is 1. The van der Waals surface area contributed by atoms with Crippen LogP contribution in [0.25, 0.3) is 11.3 Å². The molecular formula is C20H19ClN2O2. The van der Waals surface area contributed by atoms with E-state index in [0.717, 1.165) is 0 Å². The zero-order valence-corrected chi connectivity index (χ0v) is 14.9. The van der Waals surface area contributed by atoms with Crippen molar-refractivity contribution in [2.45, 2.75) is 19.8 Å². The molecule has 0 saturated heterocycles. The zero-order chi connectivity index (χ0) is 17.8. The smallest absolute Gasteiger partial charge is 0.257 e. The van der Waals surface area contributed by atoms with E-state index >= 15 is 0 Å². The Morgan fingerprint density at radius 2 is 1.84 bits per heavy atom. The van der Waals surface area contributed by atoms with Gasteiger partial charge in [0, 0.05) is 12.1 Å². The molecule has 0 saturated carbocycles. The number of nitrogens with zero attached hydrogens (tertiary/aromatic N) is 1.